The number of nitrogens with zero attached hydrogens (tertiary/aromatic N) is 1. The van der Waals surface area contributed by atoms with Crippen LogP contribution in [0, 0.1) is 34.8 Å². The highest BCUT2D eigenvalue weighted by molar-refractivity contribution is 7.89. The monoisotopic (exact) mass is 350 g/mol. The van der Waals surface area contributed by atoms with E-state index >= 15 is 0 Å². The second-order valence-electron chi connectivity index (χ2n) is 8.01. The Balaban J connectivity index is 1.64. The van der Waals surface area contributed by atoms with Crippen LogP contribution in [0.2, 0.25) is 0 Å². The van der Waals surface area contributed by atoms with E-state index in [1.54, 1.807) is 6.92 Å². The van der Waals surface area contributed by atoms with Gasteiger partial charge in [0.25, 0.3) is 5.69 Å². The van der Waals surface area contributed by atoms with Crippen LogP contribution in [-0.2, 0) is 10.0 Å². The number of benzene rings is 1. The minimum Gasteiger partial charge on any atom is -0.258 e. The molecule has 0 saturated heterocycles. The highest BCUT2D eigenvalue weighted by Gasteiger charge is 2.52. The summed E-state index contributed by atoms with van der Waals surface area (Å²) in [6.07, 6.45) is 6.43. The zero-order chi connectivity index (χ0) is 17.1. The molecule has 1 aromatic carbocycles. The van der Waals surface area contributed by atoms with Gasteiger partial charge in [0.2, 0.25) is 10.0 Å². The molecule has 7 heteroatoms. The van der Waals surface area contributed by atoms with E-state index in [2.05, 4.69) is 4.72 Å². The number of hydrogen-bond donors (Lipinski definition) is 1. The van der Waals surface area contributed by atoms with Gasteiger partial charge in [0.05, 0.1) is 9.82 Å². The maximum atomic E-state index is 12.9. The third-order valence-electron chi connectivity index (χ3n) is 6.08. The summed E-state index contributed by atoms with van der Waals surface area (Å²) < 4.78 is 28.7. The number of nitro benzene ring substituents is 1. The quantitative estimate of drug-likeness (QED) is 0.667. The molecule has 0 amide bonds. The smallest absolute Gasteiger partial charge is 0.258 e. The summed E-state index contributed by atoms with van der Waals surface area (Å²) in [5, 5.41) is 11.1. The largest absolute Gasteiger partial charge is 0.273 e. The maximum absolute atomic E-state index is 12.9. The molecule has 130 valence electrons. The molecule has 0 aromatic heterocycles. The second-order valence-corrected chi connectivity index (χ2v) is 9.69. The van der Waals surface area contributed by atoms with Crippen LogP contribution in [0.25, 0.3) is 0 Å². The van der Waals surface area contributed by atoms with Crippen LogP contribution in [0.1, 0.15) is 44.1 Å². The van der Waals surface area contributed by atoms with Gasteiger partial charge in [-0.2, -0.15) is 0 Å². The SMILES string of the molecule is Cc1ccc(S(=O)(=O)NC23CC4CC(CC(C4)C2)C3)cc1[N+](=O)[O-]. The second kappa shape index (κ2) is 5.26. The fourth-order valence-electron chi connectivity index (χ4n) is 5.53. The van der Waals surface area contributed by atoms with Crippen molar-refractivity contribution in [1.82, 2.24) is 4.72 Å². The van der Waals surface area contributed by atoms with Crippen molar-refractivity contribution in [3.8, 4) is 0 Å². The molecule has 0 spiro atoms. The Morgan fingerprint density at radius 1 is 1.12 bits per heavy atom. The summed E-state index contributed by atoms with van der Waals surface area (Å²) >= 11 is 0. The molecular formula is C17H22N2O4S. The van der Waals surface area contributed by atoms with E-state index in [-0.39, 0.29) is 16.1 Å². The van der Waals surface area contributed by atoms with E-state index < -0.39 is 14.9 Å². The van der Waals surface area contributed by atoms with Gasteiger partial charge in [-0.05, 0) is 69.3 Å². The number of sulfonamides is 1. The first-order chi connectivity index (χ1) is 11.3. The summed E-state index contributed by atoms with van der Waals surface area (Å²) in [4.78, 5) is 10.6. The van der Waals surface area contributed by atoms with E-state index in [1.165, 1.54) is 37.5 Å². The zero-order valence-electron chi connectivity index (χ0n) is 13.7. The Labute approximate surface area is 141 Å². The van der Waals surface area contributed by atoms with E-state index in [0.717, 1.165) is 19.3 Å². The van der Waals surface area contributed by atoms with Gasteiger partial charge in [-0.25, -0.2) is 13.1 Å². The van der Waals surface area contributed by atoms with Crippen molar-refractivity contribution in [2.75, 3.05) is 0 Å². The van der Waals surface area contributed by atoms with Gasteiger partial charge < -0.3 is 0 Å². The topological polar surface area (TPSA) is 89.3 Å². The molecule has 0 heterocycles. The summed E-state index contributed by atoms with van der Waals surface area (Å²) in [6, 6.07) is 4.15. The molecule has 4 aliphatic rings. The number of rotatable bonds is 4. The average Bonchev–Trinajstić information content (AvgIpc) is 2.44. The van der Waals surface area contributed by atoms with Gasteiger partial charge >= 0.3 is 0 Å². The molecule has 0 atom stereocenters. The first-order valence-electron chi connectivity index (χ1n) is 8.55. The van der Waals surface area contributed by atoms with Crippen LogP contribution in [-0.4, -0.2) is 18.9 Å². The van der Waals surface area contributed by atoms with Gasteiger partial charge in [-0.3, -0.25) is 10.1 Å². The van der Waals surface area contributed by atoms with Crippen molar-refractivity contribution in [3.63, 3.8) is 0 Å². The van der Waals surface area contributed by atoms with Crippen molar-refractivity contribution >= 4 is 15.7 Å². The van der Waals surface area contributed by atoms with Crippen molar-refractivity contribution in [2.24, 2.45) is 17.8 Å². The third-order valence-corrected chi connectivity index (χ3v) is 7.65. The number of nitrogens with one attached hydrogen (secondary N) is 1. The Morgan fingerprint density at radius 2 is 1.67 bits per heavy atom. The van der Waals surface area contributed by atoms with Crippen molar-refractivity contribution in [1.29, 1.82) is 0 Å². The average molecular weight is 350 g/mol. The van der Waals surface area contributed by atoms with Crippen LogP contribution < -0.4 is 4.72 Å². The van der Waals surface area contributed by atoms with E-state index in [9.17, 15) is 18.5 Å². The highest BCUT2D eigenvalue weighted by Crippen LogP contribution is 2.56. The molecule has 0 unspecified atom stereocenters. The van der Waals surface area contributed by atoms with Crippen molar-refractivity contribution in [3.05, 3.63) is 33.9 Å². The van der Waals surface area contributed by atoms with E-state index in [4.69, 9.17) is 0 Å². The molecule has 4 bridgehead atoms. The highest BCUT2D eigenvalue weighted by atomic mass is 32.2. The van der Waals surface area contributed by atoms with Gasteiger partial charge in [-0.1, -0.05) is 6.07 Å². The van der Waals surface area contributed by atoms with Gasteiger partial charge in [-0.15, -0.1) is 0 Å². The number of hydrogen-bond acceptors (Lipinski definition) is 4. The van der Waals surface area contributed by atoms with Crippen LogP contribution in [0.15, 0.2) is 23.1 Å². The Morgan fingerprint density at radius 3 is 2.17 bits per heavy atom. The molecule has 6 nitrogen and oxygen atoms in total. The normalized spacial score (nSPS) is 34.5. The lowest BCUT2D eigenvalue weighted by molar-refractivity contribution is -0.385. The third kappa shape index (κ3) is 2.63. The molecule has 0 radical (unpaired) electrons. The summed E-state index contributed by atoms with van der Waals surface area (Å²) in [5.41, 5.74) is -0.0232. The van der Waals surface area contributed by atoms with Gasteiger partial charge in [0, 0.05) is 17.2 Å². The lowest BCUT2D eigenvalue weighted by Crippen LogP contribution is -2.59. The standard InChI is InChI=1S/C17H22N2O4S/c1-11-2-3-15(7-16(11)19(20)21)24(22,23)18-17-8-12-4-13(9-17)6-14(5-12)10-17/h2-3,7,12-14,18H,4-6,8-10H2,1H3. The minimum atomic E-state index is -3.75. The lowest BCUT2D eigenvalue weighted by atomic mass is 9.53. The molecule has 1 N–H and O–H groups in total. The molecule has 24 heavy (non-hydrogen) atoms. The van der Waals surface area contributed by atoms with Gasteiger partial charge in [0.1, 0.15) is 0 Å². The van der Waals surface area contributed by atoms with Crippen molar-refractivity contribution in [2.45, 2.75) is 55.9 Å². The Hall–Kier alpha value is -1.47. The summed E-state index contributed by atoms with van der Waals surface area (Å²) in [6.45, 7) is 1.61. The molecule has 5 rings (SSSR count). The Bertz CT molecular complexity index is 768. The fourth-order valence-corrected chi connectivity index (χ4v) is 6.98. The van der Waals surface area contributed by atoms with Crippen LogP contribution in [0.4, 0.5) is 5.69 Å². The molecular weight excluding hydrogens is 328 g/mol. The van der Waals surface area contributed by atoms with Crippen molar-refractivity contribution < 1.29 is 13.3 Å². The summed E-state index contributed by atoms with van der Waals surface area (Å²) in [5.74, 6) is 1.89. The molecule has 4 saturated carbocycles. The summed E-state index contributed by atoms with van der Waals surface area (Å²) in [7, 11) is -3.75. The Kier molecular flexibility index (Phi) is 3.51. The molecule has 4 aliphatic carbocycles. The zero-order valence-corrected chi connectivity index (χ0v) is 14.5. The minimum absolute atomic E-state index is 0.00412. The molecule has 1 aromatic rings. The van der Waals surface area contributed by atoms with Crippen LogP contribution >= 0.6 is 0 Å². The predicted molar refractivity (Wildman–Crippen MR) is 89.1 cm³/mol. The number of aryl methyl sites for hydroxylation is 1. The lowest BCUT2D eigenvalue weighted by Gasteiger charge is -2.56. The van der Waals surface area contributed by atoms with E-state index in [1.807, 2.05) is 0 Å². The first-order valence-corrected chi connectivity index (χ1v) is 10.0. The van der Waals surface area contributed by atoms with Crippen LogP contribution in [0.5, 0.6) is 0 Å². The predicted octanol–water partition coefficient (Wildman–Crippen LogP) is 3.15. The number of nitro groups is 1. The maximum Gasteiger partial charge on any atom is 0.273 e. The first kappa shape index (κ1) is 16.0. The molecule has 4 fully saturated rings. The van der Waals surface area contributed by atoms with E-state index in [0.29, 0.717) is 23.3 Å². The van der Waals surface area contributed by atoms with Gasteiger partial charge in [0.15, 0.2) is 0 Å². The fraction of sp³-hybridized carbons (Fsp3) is 0.647. The molecule has 0 aliphatic heterocycles. The van der Waals surface area contributed by atoms with Crippen LogP contribution in [0.3, 0.4) is 0 Å².